The van der Waals surface area contributed by atoms with Gasteiger partial charge >= 0.3 is 0 Å². The number of nitrogens with zero attached hydrogens (tertiary/aromatic N) is 2. The van der Waals surface area contributed by atoms with Gasteiger partial charge in [-0.05, 0) is 24.6 Å². The van der Waals surface area contributed by atoms with Crippen molar-refractivity contribution in [3.63, 3.8) is 0 Å². The van der Waals surface area contributed by atoms with Crippen LogP contribution in [0.3, 0.4) is 0 Å². The van der Waals surface area contributed by atoms with Crippen molar-refractivity contribution in [1.29, 1.82) is 0 Å². The van der Waals surface area contributed by atoms with Crippen molar-refractivity contribution < 1.29 is 5.11 Å². The predicted octanol–water partition coefficient (Wildman–Crippen LogP) is 3.96. The summed E-state index contributed by atoms with van der Waals surface area (Å²) in [5, 5.41) is 16.0. The van der Waals surface area contributed by atoms with E-state index in [4.69, 9.17) is 34.8 Å². The molecule has 0 saturated heterocycles. The van der Waals surface area contributed by atoms with Crippen molar-refractivity contribution >= 4 is 34.8 Å². The molecule has 2 aromatic rings. The first-order valence-electron chi connectivity index (χ1n) is 5.71. The van der Waals surface area contributed by atoms with Crippen molar-refractivity contribution in [2.75, 3.05) is 0 Å². The molecule has 0 radical (unpaired) electrons. The molecule has 0 spiro atoms. The third kappa shape index (κ3) is 3.06. The van der Waals surface area contributed by atoms with Crippen LogP contribution in [-0.2, 0) is 13.5 Å². The maximum absolute atomic E-state index is 10.3. The first-order valence-corrected chi connectivity index (χ1v) is 6.84. The molecular weight excluding hydrogens is 307 g/mol. The molecule has 1 aromatic carbocycles. The molecule has 1 aromatic heterocycles. The number of hydrogen-bond donors (Lipinski definition) is 1. The molecule has 0 aliphatic rings. The Kier molecular flexibility index (Phi) is 4.41. The molecule has 6 heteroatoms. The molecular formula is C13H13Cl3N2O. The minimum atomic E-state index is -0.745. The molecule has 1 unspecified atom stereocenters. The Bertz CT molecular complexity index is 610. The zero-order valence-electron chi connectivity index (χ0n) is 10.5. The first kappa shape index (κ1) is 14.7. The topological polar surface area (TPSA) is 38.0 Å². The highest BCUT2D eigenvalue weighted by atomic mass is 35.5. The molecule has 0 aliphatic heterocycles. The Hall–Kier alpha value is -0.740. The second-order valence-electron chi connectivity index (χ2n) is 4.36. The van der Waals surface area contributed by atoms with Crippen LogP contribution in [0.15, 0.2) is 18.2 Å². The van der Waals surface area contributed by atoms with E-state index in [9.17, 15) is 5.11 Å². The lowest BCUT2D eigenvalue weighted by Gasteiger charge is -2.13. The van der Waals surface area contributed by atoms with Crippen molar-refractivity contribution in [3.05, 3.63) is 50.2 Å². The highest BCUT2D eigenvalue weighted by Gasteiger charge is 2.18. The summed E-state index contributed by atoms with van der Waals surface area (Å²) in [5.74, 6) is 0. The van der Waals surface area contributed by atoms with Crippen LogP contribution in [-0.4, -0.2) is 14.9 Å². The summed E-state index contributed by atoms with van der Waals surface area (Å²) in [5.41, 5.74) is 2.25. The number of aliphatic hydroxyl groups is 1. The normalized spacial score (nSPS) is 12.7. The van der Waals surface area contributed by atoms with Crippen molar-refractivity contribution in [2.45, 2.75) is 19.4 Å². The lowest BCUT2D eigenvalue weighted by Crippen LogP contribution is -2.03. The van der Waals surface area contributed by atoms with Crippen LogP contribution < -0.4 is 0 Å². The van der Waals surface area contributed by atoms with Gasteiger partial charge in [-0.25, -0.2) is 0 Å². The van der Waals surface area contributed by atoms with Crippen LogP contribution in [0.1, 0.15) is 22.9 Å². The Labute approximate surface area is 126 Å². The van der Waals surface area contributed by atoms with Gasteiger partial charge in [0.1, 0.15) is 5.15 Å². The van der Waals surface area contributed by atoms with Crippen LogP contribution in [0, 0.1) is 6.92 Å². The molecule has 1 atom stereocenters. The maximum Gasteiger partial charge on any atom is 0.130 e. The summed E-state index contributed by atoms with van der Waals surface area (Å²) in [6.45, 7) is 1.86. The van der Waals surface area contributed by atoms with Gasteiger partial charge in [0.2, 0.25) is 0 Å². The van der Waals surface area contributed by atoms with E-state index in [1.54, 1.807) is 29.9 Å². The average Bonchev–Trinajstić information content (AvgIpc) is 2.56. The van der Waals surface area contributed by atoms with E-state index in [1.165, 1.54) is 0 Å². The third-order valence-electron chi connectivity index (χ3n) is 2.99. The Morgan fingerprint density at radius 3 is 2.53 bits per heavy atom. The van der Waals surface area contributed by atoms with Gasteiger partial charge in [0.05, 0.1) is 11.8 Å². The van der Waals surface area contributed by atoms with Gasteiger partial charge in [-0.15, -0.1) is 0 Å². The Balaban J connectivity index is 2.28. The van der Waals surface area contributed by atoms with Crippen molar-refractivity contribution in [1.82, 2.24) is 9.78 Å². The van der Waals surface area contributed by atoms with Gasteiger partial charge in [-0.2, -0.15) is 5.10 Å². The third-order valence-corrected chi connectivity index (χ3v) is 4.02. The number of benzene rings is 1. The summed E-state index contributed by atoms with van der Waals surface area (Å²) in [6, 6.07) is 5.03. The van der Waals surface area contributed by atoms with E-state index in [2.05, 4.69) is 5.10 Å². The number of aromatic nitrogens is 2. The van der Waals surface area contributed by atoms with E-state index in [-0.39, 0.29) is 0 Å². The van der Waals surface area contributed by atoms with Gasteiger partial charge < -0.3 is 5.11 Å². The fourth-order valence-electron chi connectivity index (χ4n) is 1.98. The summed E-state index contributed by atoms with van der Waals surface area (Å²) < 4.78 is 1.59. The molecule has 19 heavy (non-hydrogen) atoms. The smallest absolute Gasteiger partial charge is 0.130 e. The number of halogens is 3. The largest absolute Gasteiger partial charge is 0.388 e. The zero-order chi connectivity index (χ0) is 14.2. The monoisotopic (exact) mass is 318 g/mol. The molecule has 1 heterocycles. The fourth-order valence-corrected chi connectivity index (χ4v) is 2.77. The molecule has 2 rings (SSSR count). The minimum Gasteiger partial charge on any atom is -0.388 e. The predicted molar refractivity (Wildman–Crippen MR) is 78.1 cm³/mol. The molecule has 0 bridgehead atoms. The van der Waals surface area contributed by atoms with E-state index in [0.717, 1.165) is 11.3 Å². The number of hydrogen-bond acceptors (Lipinski definition) is 2. The molecule has 0 aliphatic carbocycles. The second kappa shape index (κ2) is 5.71. The number of aryl methyl sites for hydroxylation is 2. The molecule has 102 valence electrons. The van der Waals surface area contributed by atoms with Gasteiger partial charge in [0.25, 0.3) is 0 Å². The zero-order valence-corrected chi connectivity index (χ0v) is 12.8. The van der Waals surface area contributed by atoms with Gasteiger partial charge in [0, 0.05) is 29.1 Å². The van der Waals surface area contributed by atoms with E-state index < -0.39 is 6.10 Å². The van der Waals surface area contributed by atoms with Crippen LogP contribution >= 0.6 is 34.8 Å². The van der Waals surface area contributed by atoms with E-state index in [0.29, 0.717) is 27.2 Å². The van der Waals surface area contributed by atoms with E-state index in [1.807, 2.05) is 6.92 Å². The lowest BCUT2D eigenvalue weighted by molar-refractivity contribution is 0.178. The summed E-state index contributed by atoms with van der Waals surface area (Å²) >= 11 is 18.1. The molecule has 1 N–H and O–H groups in total. The van der Waals surface area contributed by atoms with Gasteiger partial charge in [-0.1, -0.05) is 40.9 Å². The molecule has 0 saturated carbocycles. The SMILES string of the molecule is Cc1nn(C)c(Cl)c1CC(O)c1ccc(Cl)cc1Cl. The van der Waals surface area contributed by atoms with E-state index >= 15 is 0 Å². The average molecular weight is 320 g/mol. The maximum atomic E-state index is 10.3. The molecule has 0 fully saturated rings. The van der Waals surface area contributed by atoms with Crippen LogP contribution in [0.25, 0.3) is 0 Å². The lowest BCUT2D eigenvalue weighted by atomic mass is 10.0. The standard InChI is InChI=1S/C13H13Cl3N2O/c1-7-10(13(16)18(2)17-7)6-12(19)9-4-3-8(14)5-11(9)15/h3-5,12,19H,6H2,1-2H3. The summed E-state index contributed by atoms with van der Waals surface area (Å²) in [6.07, 6.45) is -0.384. The fraction of sp³-hybridized carbons (Fsp3) is 0.308. The summed E-state index contributed by atoms with van der Waals surface area (Å²) in [7, 11) is 1.76. The van der Waals surface area contributed by atoms with Gasteiger partial charge in [0.15, 0.2) is 0 Å². The molecule has 3 nitrogen and oxygen atoms in total. The highest BCUT2D eigenvalue weighted by molar-refractivity contribution is 6.35. The summed E-state index contributed by atoms with van der Waals surface area (Å²) in [4.78, 5) is 0. The second-order valence-corrected chi connectivity index (χ2v) is 5.57. The first-order chi connectivity index (χ1) is 8.90. The quantitative estimate of drug-likeness (QED) is 0.929. The van der Waals surface area contributed by atoms with Gasteiger partial charge in [-0.3, -0.25) is 4.68 Å². The van der Waals surface area contributed by atoms with Crippen molar-refractivity contribution in [2.24, 2.45) is 7.05 Å². The van der Waals surface area contributed by atoms with Crippen LogP contribution in [0.5, 0.6) is 0 Å². The number of rotatable bonds is 3. The minimum absolute atomic E-state index is 0.361. The molecule has 0 amide bonds. The number of aliphatic hydroxyl groups excluding tert-OH is 1. The Morgan fingerprint density at radius 1 is 1.32 bits per heavy atom. The highest BCUT2D eigenvalue weighted by Crippen LogP contribution is 2.30. The van der Waals surface area contributed by atoms with Crippen LogP contribution in [0.2, 0.25) is 15.2 Å². The Morgan fingerprint density at radius 2 is 2.00 bits per heavy atom. The van der Waals surface area contributed by atoms with Crippen LogP contribution in [0.4, 0.5) is 0 Å². The van der Waals surface area contributed by atoms with Crippen molar-refractivity contribution in [3.8, 4) is 0 Å².